The lowest BCUT2D eigenvalue weighted by Crippen LogP contribution is -2.49. The number of aromatic hydroxyl groups is 1. The number of H-pyrrole nitrogens is 1. The summed E-state index contributed by atoms with van der Waals surface area (Å²) in [5.74, 6) is -4.04. The van der Waals surface area contributed by atoms with Crippen molar-refractivity contribution < 1.29 is 91.2 Å². The Morgan fingerprint density at radius 2 is 1.06 bits per heavy atom. The number of phenols is 1. The van der Waals surface area contributed by atoms with Gasteiger partial charge in [-0.15, -0.1) is 10.2 Å². The summed E-state index contributed by atoms with van der Waals surface area (Å²) in [6, 6.07) is 5.14. The van der Waals surface area contributed by atoms with Crippen LogP contribution in [0.4, 0.5) is 0 Å². The van der Waals surface area contributed by atoms with Crippen LogP contribution in [0.3, 0.4) is 0 Å². The van der Waals surface area contributed by atoms with Crippen LogP contribution < -0.4 is 38.5 Å². The largest absolute Gasteiger partial charge is 0.508 e. The Hall–Kier alpha value is -6.91. The Kier molecular flexibility index (Phi) is 55.7. The van der Waals surface area contributed by atoms with Gasteiger partial charge in [0, 0.05) is 103 Å². The molecule has 0 aliphatic rings. The fourth-order valence-corrected chi connectivity index (χ4v) is 12.4. The molecule has 2 rings (SSSR count). The summed E-state index contributed by atoms with van der Waals surface area (Å²) in [7, 11) is -3.54. The number of ether oxygens (including phenoxy) is 8. The van der Waals surface area contributed by atoms with Gasteiger partial charge in [-0.1, -0.05) is 115 Å². The number of sulfone groups is 1. The minimum absolute atomic E-state index is 0. The number of guanidine groups is 1. The van der Waals surface area contributed by atoms with Crippen LogP contribution in [-0.4, -0.2) is 236 Å². The number of rotatable bonds is 74. The molecule has 4 amide bonds. The number of carbonyl (C=O) groups is 8. The molecule has 0 saturated heterocycles. The molecule has 1 heterocycles. The number of phenolic OH excluding ortho intramolecular Hbond substituents is 1. The zero-order valence-electron chi connectivity index (χ0n) is 62.7. The molecule has 0 radical (unpaired) electrons. The second-order valence-corrected chi connectivity index (χ2v) is 28.5. The first-order valence-electron chi connectivity index (χ1n) is 37.7. The molecule has 0 spiro atoms. The number of nitrogens with zero attached hydrogens (tertiary/aromatic N) is 4. The third-order valence-corrected chi connectivity index (χ3v) is 18.6. The second kappa shape index (κ2) is 62.2. The van der Waals surface area contributed by atoms with Gasteiger partial charge < -0.3 is 81.5 Å². The van der Waals surface area contributed by atoms with Gasteiger partial charge in [0.1, 0.15) is 54.7 Å². The molecular weight excluding hydrogens is 1380 g/mol. The maximum absolute atomic E-state index is 13.6. The van der Waals surface area contributed by atoms with Gasteiger partial charge in [-0.25, -0.2) is 8.42 Å². The molecule has 4 atom stereocenters. The summed E-state index contributed by atoms with van der Waals surface area (Å²) in [6.07, 6.45) is 20.6. The van der Waals surface area contributed by atoms with Crippen LogP contribution >= 0.6 is 0 Å². The quantitative estimate of drug-likeness (QED) is 0.0239. The fraction of sp³-hybridized carbons (Fsp3) is 0.753. The number of carbonyl (C=O) groups excluding carboxylic acids is 8. The third-order valence-electron chi connectivity index (χ3n) is 17.0. The molecular formula is C73H128N12O19S. The molecule has 600 valence electrons. The van der Waals surface area contributed by atoms with Crippen LogP contribution in [0, 0.1) is 17.8 Å². The van der Waals surface area contributed by atoms with E-state index in [4.69, 9.17) is 55.1 Å². The summed E-state index contributed by atoms with van der Waals surface area (Å²) >= 11 is 0. The van der Waals surface area contributed by atoms with Crippen molar-refractivity contribution in [3.63, 3.8) is 0 Å². The van der Waals surface area contributed by atoms with E-state index in [-0.39, 0.29) is 171 Å². The normalized spacial score (nSPS) is 12.6. The van der Waals surface area contributed by atoms with Crippen LogP contribution in [0.1, 0.15) is 187 Å². The molecule has 1 aromatic carbocycles. The van der Waals surface area contributed by atoms with Crippen molar-refractivity contribution in [3.8, 4) is 5.75 Å². The van der Waals surface area contributed by atoms with E-state index in [0.29, 0.717) is 122 Å². The first-order chi connectivity index (χ1) is 50.6. The number of nitrogens with one attached hydrogen (secondary N) is 5. The fourth-order valence-electron chi connectivity index (χ4n) is 11.1. The molecule has 32 heteroatoms. The van der Waals surface area contributed by atoms with E-state index in [0.717, 1.165) is 37.9 Å². The monoisotopic (exact) mass is 1510 g/mol. The van der Waals surface area contributed by atoms with Gasteiger partial charge in [0.2, 0.25) is 23.6 Å². The molecule has 0 bridgehead atoms. The summed E-state index contributed by atoms with van der Waals surface area (Å²) < 4.78 is 68.9. The number of primary amides is 1. The number of benzene rings is 1. The van der Waals surface area contributed by atoms with Gasteiger partial charge in [-0.2, -0.15) is 5.21 Å². The minimum Gasteiger partial charge on any atom is -0.508 e. The Labute approximate surface area is 623 Å². The zero-order valence-corrected chi connectivity index (χ0v) is 63.5. The summed E-state index contributed by atoms with van der Waals surface area (Å²) in [5.41, 5.74) is 17.9. The smallest absolute Gasteiger partial charge is 0.246 e. The van der Waals surface area contributed by atoms with Crippen molar-refractivity contribution in [1.82, 2.24) is 41.9 Å². The highest BCUT2D eigenvalue weighted by atomic mass is 32.2. The molecule has 31 nitrogen and oxygen atoms in total. The van der Waals surface area contributed by atoms with E-state index in [2.05, 4.69) is 53.5 Å². The summed E-state index contributed by atoms with van der Waals surface area (Å²) in [6.45, 7) is 12.2. The lowest BCUT2D eigenvalue weighted by atomic mass is 9.80. The summed E-state index contributed by atoms with van der Waals surface area (Å²) in [4.78, 5) is 105. The number of aromatic nitrogens is 4. The standard InChI is InChI=1S/C73H126N12O19S.H2/c1-57(70(92)59(3)65(28-19-35-80-73(75)76)72(94)81-66(71(74)93)51-60-30-32-62(87)33-31-60)23-17-18-34-78-68(90)54-104-49-45-100-41-37-79-69(91)55-103-48-43-98-39-21-26-63(88)53-102-47-44-99-40-36-77-58(2)52-101-46-42-97-38-20-25-61(86)27-22-50-105(95,96)56-64(89)24-15-13-11-9-7-5-4-6-8-10-12-14-16-29-67-82-84-85-83-67;/h30-33,57,59,65-66,77,87H,2,4-29,34-56H2,1,3H3,(H2,74,93)(H,78,90)(H,79,91)(H,81,94)(H4,75,76,80)(H,82,83,84,85);1H/t57-,59?,65+,66-;/m0./s1. The zero-order chi connectivity index (χ0) is 76.8. The van der Waals surface area contributed by atoms with Gasteiger partial charge in [0.25, 0.3) is 0 Å². The number of Topliss-reactive ketones (excluding diaryl/α,β-unsaturated/α-hetero) is 4. The number of aromatic amines is 1. The van der Waals surface area contributed by atoms with Gasteiger partial charge in [0.15, 0.2) is 27.4 Å². The number of ketones is 4. The lowest BCUT2D eigenvalue weighted by molar-refractivity contribution is -0.136. The van der Waals surface area contributed by atoms with Crippen LogP contribution in [0.5, 0.6) is 5.75 Å². The van der Waals surface area contributed by atoms with E-state index < -0.39 is 45.3 Å². The number of aryl methyl sites for hydroxylation is 1. The molecule has 105 heavy (non-hydrogen) atoms. The van der Waals surface area contributed by atoms with Gasteiger partial charge in [0.05, 0.1) is 78.4 Å². The van der Waals surface area contributed by atoms with E-state index in [1.54, 1.807) is 26.0 Å². The number of amides is 4. The van der Waals surface area contributed by atoms with Crippen molar-refractivity contribution in [2.24, 2.45) is 39.9 Å². The Morgan fingerprint density at radius 1 is 0.552 bits per heavy atom. The van der Waals surface area contributed by atoms with E-state index in [1.807, 2.05) is 0 Å². The number of tetrazole rings is 1. The highest BCUT2D eigenvalue weighted by molar-refractivity contribution is 7.92. The average Bonchev–Trinajstić information content (AvgIpc) is 0.970. The first-order valence-corrected chi connectivity index (χ1v) is 39.5. The third kappa shape index (κ3) is 54.4. The predicted molar refractivity (Wildman–Crippen MR) is 399 cm³/mol. The molecule has 0 aliphatic carbocycles. The van der Waals surface area contributed by atoms with Crippen LogP contribution in [0.25, 0.3) is 0 Å². The van der Waals surface area contributed by atoms with E-state index in [9.17, 15) is 51.9 Å². The maximum Gasteiger partial charge on any atom is 0.246 e. The van der Waals surface area contributed by atoms with Crippen LogP contribution in [0.15, 0.2) is 41.5 Å². The molecule has 1 unspecified atom stereocenters. The van der Waals surface area contributed by atoms with Crippen LogP contribution in [-0.2, 0) is 98.9 Å². The number of unbranched alkanes of at least 4 members (excludes halogenated alkanes) is 13. The number of aliphatic imine (C=N–C) groups is 1. The van der Waals surface area contributed by atoms with Gasteiger partial charge >= 0.3 is 0 Å². The van der Waals surface area contributed by atoms with E-state index in [1.165, 1.54) is 63.5 Å². The topological polar surface area (TPSA) is 458 Å². The molecule has 0 fully saturated rings. The number of hydrogen-bond acceptors (Lipinski definition) is 24. The van der Waals surface area contributed by atoms with Gasteiger partial charge in [-0.05, 0) is 75.5 Å². The average molecular weight is 1510 g/mol. The van der Waals surface area contributed by atoms with Crippen molar-refractivity contribution in [1.29, 1.82) is 0 Å². The molecule has 0 saturated carbocycles. The highest BCUT2D eigenvalue weighted by Crippen LogP contribution is 2.25. The first kappa shape index (κ1) is 94.2. The minimum atomic E-state index is -3.54. The summed E-state index contributed by atoms with van der Waals surface area (Å²) in [5, 5.41) is 35.0. The number of hydrogen-bond donors (Lipinski definition) is 9. The van der Waals surface area contributed by atoms with Crippen molar-refractivity contribution >= 4 is 62.6 Å². The number of nitrogens with two attached hydrogens (primary N) is 3. The van der Waals surface area contributed by atoms with E-state index >= 15 is 0 Å². The Bertz CT molecular complexity index is 2840. The van der Waals surface area contributed by atoms with Crippen LogP contribution in [0.2, 0.25) is 0 Å². The molecule has 2 aromatic rings. The molecule has 12 N–H and O–H groups in total. The van der Waals surface area contributed by atoms with Crippen molar-refractivity contribution in [2.75, 3.05) is 143 Å². The second-order valence-electron chi connectivity index (χ2n) is 26.3. The van der Waals surface area contributed by atoms with Gasteiger partial charge in [-0.3, -0.25) is 43.3 Å². The Morgan fingerprint density at radius 3 is 1.63 bits per heavy atom. The molecule has 0 aliphatic heterocycles. The predicted octanol–water partition coefficient (Wildman–Crippen LogP) is 4.98. The lowest BCUT2D eigenvalue weighted by Gasteiger charge is -2.26. The van der Waals surface area contributed by atoms with Crippen molar-refractivity contribution in [3.05, 3.63) is 47.9 Å². The SMILES string of the molecule is C=C(COCCOCCCC(=O)CCCS(=O)(=O)CC(=O)CCCCCCCCCCCCCCCc1nn[nH]n1)NCCOCCOCC(=O)CCCOCCOCC(=O)NCCOCCOCC(=O)NCCCC[C@H](C)C(=O)C(C)[C@@H](CCCN=C(N)N)C(=O)N[C@@H](Cc1ccc(O)cc1)C(N)=O.[HH]. The maximum atomic E-state index is 13.6. The van der Waals surface area contributed by atoms with Crippen molar-refractivity contribution in [2.45, 2.75) is 193 Å². The Balaban J connectivity index is 0.0000562. The highest BCUT2D eigenvalue weighted by Gasteiger charge is 2.34. The molecule has 1 aromatic heterocycles.